The lowest BCUT2D eigenvalue weighted by molar-refractivity contribution is 0.140. The Morgan fingerprint density at radius 1 is 1.12 bits per heavy atom. The van der Waals surface area contributed by atoms with Crippen molar-refractivity contribution in [3.05, 3.63) is 0 Å². The average molecular weight is 236 g/mol. The third-order valence-corrected chi connectivity index (χ3v) is 5.02. The Balaban J connectivity index is 1.52. The van der Waals surface area contributed by atoms with E-state index in [4.69, 9.17) is 0 Å². The molecule has 0 amide bonds. The molecule has 1 atom stereocenters. The molecule has 1 N–H and O–H groups in total. The Bertz CT molecular complexity index is 244. The number of rotatable bonds is 5. The molecule has 3 rings (SSSR count). The van der Waals surface area contributed by atoms with Crippen molar-refractivity contribution in [3.63, 3.8) is 0 Å². The van der Waals surface area contributed by atoms with Crippen molar-refractivity contribution in [3.8, 4) is 0 Å². The van der Waals surface area contributed by atoms with Gasteiger partial charge >= 0.3 is 0 Å². The van der Waals surface area contributed by atoms with Crippen LogP contribution in [0, 0.1) is 23.7 Å². The molecular formula is C15H28N2. The second-order valence-corrected chi connectivity index (χ2v) is 6.90. The summed E-state index contributed by atoms with van der Waals surface area (Å²) in [6.45, 7) is 9.86. The largest absolute Gasteiger partial charge is 0.311 e. The van der Waals surface area contributed by atoms with Gasteiger partial charge in [-0.25, -0.2) is 0 Å². The zero-order valence-electron chi connectivity index (χ0n) is 11.5. The molecule has 0 aromatic carbocycles. The van der Waals surface area contributed by atoms with Crippen LogP contribution in [-0.4, -0.2) is 37.1 Å². The van der Waals surface area contributed by atoms with Crippen LogP contribution in [0.25, 0.3) is 0 Å². The average Bonchev–Trinajstić information content (AvgIpc) is 3.16. The van der Waals surface area contributed by atoms with Gasteiger partial charge in [-0.1, -0.05) is 13.8 Å². The molecule has 2 heteroatoms. The van der Waals surface area contributed by atoms with Gasteiger partial charge in [-0.3, -0.25) is 0 Å². The molecule has 1 aliphatic heterocycles. The van der Waals surface area contributed by atoms with Gasteiger partial charge in [0.1, 0.15) is 0 Å². The molecule has 3 aliphatic rings. The van der Waals surface area contributed by atoms with Crippen LogP contribution in [0.4, 0.5) is 0 Å². The zero-order valence-corrected chi connectivity index (χ0v) is 11.5. The Hall–Kier alpha value is -0.0800. The number of nitrogens with one attached hydrogen (secondary N) is 1. The molecule has 0 aromatic heterocycles. The van der Waals surface area contributed by atoms with Crippen LogP contribution >= 0.6 is 0 Å². The summed E-state index contributed by atoms with van der Waals surface area (Å²) in [5.74, 6) is 4.05. The van der Waals surface area contributed by atoms with E-state index in [2.05, 4.69) is 24.1 Å². The molecule has 98 valence electrons. The highest BCUT2D eigenvalue weighted by atomic mass is 15.2. The molecule has 0 radical (unpaired) electrons. The maximum Gasteiger partial charge on any atom is 0.0218 e. The van der Waals surface area contributed by atoms with Gasteiger partial charge < -0.3 is 10.2 Å². The molecule has 17 heavy (non-hydrogen) atoms. The normalized spacial score (nSPS) is 31.4. The molecule has 2 saturated carbocycles. The number of nitrogens with zero attached hydrogens (tertiary/aromatic N) is 1. The summed E-state index contributed by atoms with van der Waals surface area (Å²) < 4.78 is 0. The first-order valence-electron chi connectivity index (χ1n) is 7.70. The zero-order chi connectivity index (χ0) is 11.8. The van der Waals surface area contributed by atoms with Crippen LogP contribution < -0.4 is 5.32 Å². The van der Waals surface area contributed by atoms with Gasteiger partial charge in [0.15, 0.2) is 0 Å². The Kier molecular flexibility index (Phi) is 3.45. The van der Waals surface area contributed by atoms with Crippen molar-refractivity contribution in [2.45, 2.75) is 45.6 Å². The molecule has 0 spiro atoms. The van der Waals surface area contributed by atoms with E-state index in [1.54, 1.807) is 0 Å². The maximum absolute atomic E-state index is 3.67. The number of hydrogen-bond donors (Lipinski definition) is 1. The Morgan fingerprint density at radius 2 is 1.76 bits per heavy atom. The van der Waals surface area contributed by atoms with E-state index in [9.17, 15) is 0 Å². The second-order valence-electron chi connectivity index (χ2n) is 6.90. The first kappa shape index (κ1) is 12.0. The summed E-state index contributed by atoms with van der Waals surface area (Å²) in [7, 11) is 0. The summed E-state index contributed by atoms with van der Waals surface area (Å²) >= 11 is 0. The molecule has 0 bridgehead atoms. The minimum absolute atomic E-state index is 0.725. The highest BCUT2D eigenvalue weighted by Gasteiger charge is 2.42. The van der Waals surface area contributed by atoms with Crippen molar-refractivity contribution in [2.75, 3.05) is 26.2 Å². The summed E-state index contributed by atoms with van der Waals surface area (Å²) in [4.78, 5) is 2.75. The predicted molar refractivity (Wildman–Crippen MR) is 72.0 cm³/mol. The van der Waals surface area contributed by atoms with E-state index in [0.29, 0.717) is 0 Å². The van der Waals surface area contributed by atoms with Crippen molar-refractivity contribution >= 4 is 0 Å². The van der Waals surface area contributed by atoms with Crippen molar-refractivity contribution in [1.29, 1.82) is 0 Å². The quantitative estimate of drug-likeness (QED) is 0.788. The molecule has 1 saturated heterocycles. The van der Waals surface area contributed by atoms with E-state index in [-0.39, 0.29) is 0 Å². The standard InChI is InChI=1S/C15H28N2/c1-11(2)15-10-17(8-7-16-15)9-14(12-3-4-12)13-5-6-13/h11-16H,3-10H2,1-2H3. The first-order valence-corrected chi connectivity index (χ1v) is 7.70. The van der Waals surface area contributed by atoms with E-state index in [1.165, 1.54) is 51.9 Å². The fraction of sp³-hybridized carbons (Fsp3) is 1.00. The van der Waals surface area contributed by atoms with Gasteiger partial charge in [0.25, 0.3) is 0 Å². The third-order valence-electron chi connectivity index (χ3n) is 5.02. The van der Waals surface area contributed by atoms with Crippen LogP contribution in [0.2, 0.25) is 0 Å². The fourth-order valence-electron chi connectivity index (χ4n) is 3.48. The van der Waals surface area contributed by atoms with Crippen LogP contribution in [-0.2, 0) is 0 Å². The van der Waals surface area contributed by atoms with Crippen LogP contribution in [0.1, 0.15) is 39.5 Å². The van der Waals surface area contributed by atoms with Gasteiger partial charge in [0.2, 0.25) is 0 Å². The molecule has 0 aromatic rings. The molecule has 2 nitrogen and oxygen atoms in total. The van der Waals surface area contributed by atoms with E-state index in [1.807, 2.05) is 0 Å². The summed E-state index contributed by atoms with van der Waals surface area (Å²) in [6.07, 6.45) is 6.11. The SMILES string of the molecule is CC(C)C1CN(CC(C2CC2)C2CC2)CCN1. The Labute approximate surface area is 106 Å². The van der Waals surface area contributed by atoms with Gasteiger partial charge in [-0.15, -0.1) is 0 Å². The highest BCUT2D eigenvalue weighted by Crippen LogP contribution is 2.49. The van der Waals surface area contributed by atoms with E-state index in [0.717, 1.165) is 29.7 Å². The minimum atomic E-state index is 0.725. The first-order chi connectivity index (χ1) is 8.24. The molecule has 1 unspecified atom stereocenters. The molecular weight excluding hydrogens is 208 g/mol. The van der Waals surface area contributed by atoms with Gasteiger partial charge in [-0.2, -0.15) is 0 Å². The van der Waals surface area contributed by atoms with Crippen LogP contribution in [0.15, 0.2) is 0 Å². The minimum Gasteiger partial charge on any atom is -0.311 e. The van der Waals surface area contributed by atoms with E-state index >= 15 is 0 Å². The van der Waals surface area contributed by atoms with Gasteiger partial charge in [-0.05, 0) is 49.4 Å². The maximum atomic E-state index is 3.67. The Morgan fingerprint density at radius 3 is 2.29 bits per heavy atom. The van der Waals surface area contributed by atoms with Crippen LogP contribution in [0.5, 0.6) is 0 Å². The van der Waals surface area contributed by atoms with Crippen molar-refractivity contribution in [1.82, 2.24) is 10.2 Å². The second kappa shape index (κ2) is 4.89. The topological polar surface area (TPSA) is 15.3 Å². The summed E-state index contributed by atoms with van der Waals surface area (Å²) in [5, 5.41) is 3.67. The van der Waals surface area contributed by atoms with Gasteiger partial charge in [0.05, 0.1) is 0 Å². The fourth-order valence-corrected chi connectivity index (χ4v) is 3.48. The third kappa shape index (κ3) is 3.03. The molecule has 3 fully saturated rings. The summed E-state index contributed by atoms with van der Waals surface area (Å²) in [5.41, 5.74) is 0. The monoisotopic (exact) mass is 236 g/mol. The highest BCUT2D eigenvalue weighted by molar-refractivity contribution is 4.94. The lowest BCUT2D eigenvalue weighted by atomic mass is 9.95. The molecule has 2 aliphatic carbocycles. The number of piperazine rings is 1. The molecule has 1 heterocycles. The number of hydrogen-bond acceptors (Lipinski definition) is 2. The lowest BCUT2D eigenvalue weighted by Gasteiger charge is -2.37. The van der Waals surface area contributed by atoms with Crippen LogP contribution in [0.3, 0.4) is 0 Å². The summed E-state index contributed by atoms with van der Waals surface area (Å²) in [6, 6.07) is 0.725. The lowest BCUT2D eigenvalue weighted by Crippen LogP contribution is -2.53. The van der Waals surface area contributed by atoms with E-state index < -0.39 is 0 Å². The van der Waals surface area contributed by atoms with Crippen molar-refractivity contribution < 1.29 is 0 Å². The predicted octanol–water partition coefficient (Wildman–Crippen LogP) is 2.35. The van der Waals surface area contributed by atoms with Gasteiger partial charge in [0, 0.05) is 32.2 Å². The smallest absolute Gasteiger partial charge is 0.0218 e. The van der Waals surface area contributed by atoms with Crippen molar-refractivity contribution in [2.24, 2.45) is 23.7 Å².